The maximum absolute atomic E-state index is 9.11. The monoisotopic (exact) mass is 291 g/mol. The van der Waals surface area contributed by atoms with Crippen molar-refractivity contribution in [3.05, 3.63) is 59.2 Å². The molecule has 1 aliphatic carbocycles. The van der Waals surface area contributed by atoms with Gasteiger partial charge in [0, 0.05) is 11.5 Å². The number of aromatic nitrogens is 2. The number of benzene rings is 1. The molecule has 1 N–H and O–H groups in total. The fourth-order valence-corrected chi connectivity index (χ4v) is 3.29. The summed E-state index contributed by atoms with van der Waals surface area (Å²) in [7, 11) is 0. The number of allylic oxidation sites excluding steroid dienone is 1. The lowest BCUT2D eigenvalue weighted by atomic mass is 9.91. The third-order valence-electron chi connectivity index (χ3n) is 4.74. The van der Waals surface area contributed by atoms with Gasteiger partial charge >= 0.3 is 0 Å². The summed E-state index contributed by atoms with van der Waals surface area (Å²) in [5.41, 5.74) is 6.11. The number of hydrogen-bond acceptors (Lipinski definition) is 2. The minimum Gasteiger partial charge on any atom is -0.345 e. The van der Waals surface area contributed by atoms with Crippen LogP contribution in [0.15, 0.2) is 36.8 Å². The standard InChI is InChI=1S/C19H21N3/c1-13-4-3-5-17(14(13)2)18(19-11-21-12-22-19)9-15-6-7-16(8-15)10-20/h3-5,9,11-12,15-16H,6-8H2,1-2H3,(H,21,22)/b18-9-. The molecule has 1 aliphatic rings. The Hall–Kier alpha value is -2.34. The van der Waals surface area contributed by atoms with E-state index in [-0.39, 0.29) is 5.92 Å². The van der Waals surface area contributed by atoms with Gasteiger partial charge in [0.05, 0.1) is 24.3 Å². The molecule has 0 amide bonds. The molecule has 2 atom stereocenters. The fraction of sp³-hybridized carbons (Fsp3) is 0.368. The highest BCUT2D eigenvalue weighted by Crippen LogP contribution is 2.35. The normalized spacial score (nSPS) is 21.8. The van der Waals surface area contributed by atoms with Gasteiger partial charge in [0.2, 0.25) is 0 Å². The molecule has 22 heavy (non-hydrogen) atoms. The van der Waals surface area contributed by atoms with Crippen LogP contribution in [0.3, 0.4) is 0 Å². The molecule has 3 heteroatoms. The van der Waals surface area contributed by atoms with Gasteiger partial charge in [-0.15, -0.1) is 0 Å². The number of imidazole rings is 1. The molecular formula is C19H21N3. The lowest BCUT2D eigenvalue weighted by Crippen LogP contribution is -1.98. The second-order valence-corrected chi connectivity index (χ2v) is 6.19. The first-order valence-electron chi connectivity index (χ1n) is 7.86. The number of hydrogen-bond donors (Lipinski definition) is 1. The molecule has 0 aliphatic heterocycles. The predicted molar refractivity (Wildman–Crippen MR) is 88.0 cm³/mol. The van der Waals surface area contributed by atoms with Crippen LogP contribution >= 0.6 is 0 Å². The van der Waals surface area contributed by atoms with Crippen LogP contribution < -0.4 is 0 Å². The highest BCUT2D eigenvalue weighted by Gasteiger charge is 2.24. The number of rotatable bonds is 3. The van der Waals surface area contributed by atoms with Gasteiger partial charge in [-0.25, -0.2) is 4.98 Å². The molecule has 1 fully saturated rings. The van der Waals surface area contributed by atoms with Crippen LogP contribution in [-0.4, -0.2) is 9.97 Å². The van der Waals surface area contributed by atoms with E-state index in [0.29, 0.717) is 5.92 Å². The van der Waals surface area contributed by atoms with Crippen LogP contribution in [0.5, 0.6) is 0 Å². The van der Waals surface area contributed by atoms with E-state index < -0.39 is 0 Å². The van der Waals surface area contributed by atoms with Gasteiger partial charge in [0.25, 0.3) is 0 Å². The van der Waals surface area contributed by atoms with E-state index in [1.54, 1.807) is 6.33 Å². The maximum Gasteiger partial charge on any atom is 0.0924 e. The van der Waals surface area contributed by atoms with Gasteiger partial charge < -0.3 is 4.98 Å². The van der Waals surface area contributed by atoms with Crippen molar-refractivity contribution in [2.45, 2.75) is 33.1 Å². The number of aryl methyl sites for hydroxylation is 1. The Balaban J connectivity index is 2.02. The summed E-state index contributed by atoms with van der Waals surface area (Å²) in [5, 5.41) is 9.11. The van der Waals surface area contributed by atoms with Crippen molar-refractivity contribution in [3.63, 3.8) is 0 Å². The lowest BCUT2D eigenvalue weighted by molar-refractivity contribution is 0.648. The van der Waals surface area contributed by atoms with Gasteiger partial charge in [-0.3, -0.25) is 0 Å². The zero-order valence-corrected chi connectivity index (χ0v) is 13.1. The van der Waals surface area contributed by atoms with Crippen LogP contribution in [0.25, 0.3) is 5.57 Å². The summed E-state index contributed by atoms with van der Waals surface area (Å²) < 4.78 is 0. The molecule has 2 aromatic rings. The van der Waals surface area contributed by atoms with Gasteiger partial charge in [0.15, 0.2) is 0 Å². The van der Waals surface area contributed by atoms with Crippen LogP contribution in [-0.2, 0) is 0 Å². The highest BCUT2D eigenvalue weighted by molar-refractivity contribution is 5.80. The lowest BCUT2D eigenvalue weighted by Gasteiger charge is -2.14. The van der Waals surface area contributed by atoms with E-state index in [1.165, 1.54) is 22.3 Å². The van der Waals surface area contributed by atoms with E-state index in [1.807, 2.05) is 6.20 Å². The van der Waals surface area contributed by atoms with E-state index >= 15 is 0 Å². The summed E-state index contributed by atoms with van der Waals surface area (Å²) in [6, 6.07) is 8.83. The summed E-state index contributed by atoms with van der Waals surface area (Å²) in [6.45, 7) is 4.31. The minimum atomic E-state index is 0.211. The average molecular weight is 291 g/mol. The molecule has 1 aromatic carbocycles. The highest BCUT2D eigenvalue weighted by atomic mass is 14.9. The van der Waals surface area contributed by atoms with E-state index in [4.69, 9.17) is 5.26 Å². The summed E-state index contributed by atoms with van der Waals surface area (Å²) in [6.07, 6.45) is 9.03. The van der Waals surface area contributed by atoms with Crippen LogP contribution in [0.4, 0.5) is 0 Å². The molecule has 3 nitrogen and oxygen atoms in total. The number of nitrogens with one attached hydrogen (secondary N) is 1. The van der Waals surface area contributed by atoms with Gasteiger partial charge in [0.1, 0.15) is 0 Å². The first-order chi connectivity index (χ1) is 10.7. The van der Waals surface area contributed by atoms with Gasteiger partial charge in [-0.1, -0.05) is 24.3 Å². The zero-order chi connectivity index (χ0) is 15.5. The topological polar surface area (TPSA) is 52.5 Å². The van der Waals surface area contributed by atoms with Crippen molar-refractivity contribution in [3.8, 4) is 6.07 Å². The molecule has 1 aromatic heterocycles. The molecule has 0 spiro atoms. The SMILES string of the molecule is Cc1cccc(/C(=C/C2CCC(C#N)C2)c2cnc[nH]2)c1C. The Labute approximate surface area is 131 Å². The number of nitrogens with zero attached hydrogens (tertiary/aromatic N) is 2. The Bertz CT molecular complexity index is 720. The Kier molecular flexibility index (Phi) is 4.11. The van der Waals surface area contributed by atoms with E-state index in [2.05, 4.69) is 54.2 Å². The molecule has 2 unspecified atom stereocenters. The third-order valence-corrected chi connectivity index (χ3v) is 4.74. The van der Waals surface area contributed by atoms with Crippen molar-refractivity contribution >= 4 is 5.57 Å². The van der Waals surface area contributed by atoms with Crippen LogP contribution in [0, 0.1) is 37.0 Å². The quantitative estimate of drug-likeness (QED) is 0.911. The molecule has 3 rings (SSSR count). The molecule has 0 saturated heterocycles. The van der Waals surface area contributed by atoms with Crippen LogP contribution in [0.2, 0.25) is 0 Å². The summed E-state index contributed by atoms with van der Waals surface area (Å²) in [4.78, 5) is 7.41. The number of aromatic amines is 1. The smallest absolute Gasteiger partial charge is 0.0924 e. The van der Waals surface area contributed by atoms with Crippen molar-refractivity contribution in [1.29, 1.82) is 5.26 Å². The summed E-state index contributed by atoms with van der Waals surface area (Å²) >= 11 is 0. The Morgan fingerprint density at radius 2 is 2.23 bits per heavy atom. The second kappa shape index (κ2) is 6.19. The third kappa shape index (κ3) is 2.82. The molecule has 1 saturated carbocycles. The molecule has 0 bridgehead atoms. The van der Waals surface area contributed by atoms with E-state index in [0.717, 1.165) is 25.0 Å². The van der Waals surface area contributed by atoms with Crippen molar-refractivity contribution in [2.75, 3.05) is 0 Å². The predicted octanol–water partition coefficient (Wildman–Crippen LogP) is 4.40. The average Bonchev–Trinajstić information content (AvgIpc) is 3.19. The van der Waals surface area contributed by atoms with Crippen molar-refractivity contribution in [1.82, 2.24) is 9.97 Å². The number of nitriles is 1. The Morgan fingerprint density at radius 3 is 2.91 bits per heavy atom. The molecular weight excluding hydrogens is 270 g/mol. The van der Waals surface area contributed by atoms with Gasteiger partial charge in [-0.2, -0.15) is 5.26 Å². The zero-order valence-electron chi connectivity index (χ0n) is 13.1. The second-order valence-electron chi connectivity index (χ2n) is 6.19. The fourth-order valence-electron chi connectivity index (χ4n) is 3.29. The first-order valence-corrected chi connectivity index (χ1v) is 7.86. The van der Waals surface area contributed by atoms with Crippen molar-refractivity contribution < 1.29 is 0 Å². The minimum absolute atomic E-state index is 0.211. The largest absolute Gasteiger partial charge is 0.345 e. The van der Waals surface area contributed by atoms with Crippen molar-refractivity contribution in [2.24, 2.45) is 11.8 Å². The molecule has 112 valence electrons. The maximum atomic E-state index is 9.11. The molecule has 0 radical (unpaired) electrons. The van der Waals surface area contributed by atoms with E-state index in [9.17, 15) is 0 Å². The first kappa shape index (κ1) is 14.6. The number of H-pyrrole nitrogens is 1. The molecule has 1 heterocycles. The van der Waals surface area contributed by atoms with Crippen LogP contribution in [0.1, 0.15) is 41.6 Å². The Morgan fingerprint density at radius 1 is 1.36 bits per heavy atom. The summed E-state index contributed by atoms with van der Waals surface area (Å²) in [5.74, 6) is 0.686. The van der Waals surface area contributed by atoms with Gasteiger partial charge in [-0.05, 0) is 55.7 Å².